The number of methoxy groups -OCH3 is 1. The number of halogens is 1. The van der Waals surface area contributed by atoms with Gasteiger partial charge in [0.15, 0.2) is 0 Å². The number of hydrogen-bond donors (Lipinski definition) is 2. The molecule has 0 spiro atoms. The number of nitrogens with one attached hydrogen (secondary N) is 1. The first kappa shape index (κ1) is 14.6. The number of benzene rings is 1. The number of rotatable bonds is 5. The van der Waals surface area contributed by atoms with Crippen LogP contribution in [0.2, 0.25) is 0 Å². The van der Waals surface area contributed by atoms with Crippen LogP contribution in [0.15, 0.2) is 22.7 Å². The number of hydrogen-bond acceptors (Lipinski definition) is 3. The molecule has 0 fully saturated rings. The predicted molar refractivity (Wildman–Crippen MR) is 72.5 cm³/mol. The lowest BCUT2D eigenvalue weighted by atomic mass is 10.2. The van der Waals surface area contributed by atoms with Crippen molar-refractivity contribution in [2.75, 3.05) is 13.7 Å². The zero-order chi connectivity index (χ0) is 13.5. The van der Waals surface area contributed by atoms with Crippen LogP contribution in [0.4, 0.5) is 0 Å². The van der Waals surface area contributed by atoms with Gasteiger partial charge in [-0.05, 0) is 34.1 Å². The van der Waals surface area contributed by atoms with Gasteiger partial charge in [-0.1, -0.05) is 0 Å². The molecule has 0 aliphatic heterocycles. The van der Waals surface area contributed by atoms with Gasteiger partial charge in [0.1, 0.15) is 5.75 Å². The fourth-order valence-electron chi connectivity index (χ4n) is 1.32. The number of aliphatic hydroxyl groups is 1. The van der Waals surface area contributed by atoms with Gasteiger partial charge in [0, 0.05) is 17.4 Å². The topological polar surface area (TPSA) is 58.6 Å². The molecular formula is C13H14BrNO3. The molecule has 0 saturated heterocycles. The first-order chi connectivity index (χ1) is 8.58. The van der Waals surface area contributed by atoms with Gasteiger partial charge in [-0.3, -0.25) is 4.79 Å². The van der Waals surface area contributed by atoms with E-state index in [2.05, 4.69) is 27.2 Å². The van der Waals surface area contributed by atoms with Crippen molar-refractivity contribution in [3.8, 4) is 18.1 Å². The van der Waals surface area contributed by atoms with Gasteiger partial charge in [0.25, 0.3) is 5.91 Å². The number of ether oxygens (including phenoxy) is 1. The van der Waals surface area contributed by atoms with E-state index in [1.54, 1.807) is 18.2 Å². The minimum absolute atomic E-state index is 0.118. The molecule has 5 heteroatoms. The second kappa shape index (κ2) is 7.04. The van der Waals surface area contributed by atoms with Crippen LogP contribution in [0.25, 0.3) is 0 Å². The minimum atomic E-state index is -0.733. The first-order valence-electron chi connectivity index (χ1n) is 5.31. The molecule has 18 heavy (non-hydrogen) atoms. The SMILES string of the molecule is C#CC[C@H](O)CNC(=O)c1cc(OC)ccc1Br. The number of carbonyl (C=O) groups excluding carboxylic acids is 1. The molecule has 0 unspecified atom stereocenters. The maximum Gasteiger partial charge on any atom is 0.252 e. The minimum Gasteiger partial charge on any atom is -0.497 e. The zero-order valence-corrected chi connectivity index (χ0v) is 11.5. The highest BCUT2D eigenvalue weighted by molar-refractivity contribution is 9.10. The zero-order valence-electron chi connectivity index (χ0n) is 9.94. The summed E-state index contributed by atoms with van der Waals surface area (Å²) >= 11 is 3.29. The molecule has 0 bridgehead atoms. The van der Waals surface area contributed by atoms with E-state index in [9.17, 15) is 9.90 Å². The summed E-state index contributed by atoms with van der Waals surface area (Å²) in [6, 6.07) is 5.09. The van der Waals surface area contributed by atoms with E-state index in [0.29, 0.717) is 15.8 Å². The molecule has 1 aromatic rings. The fraction of sp³-hybridized carbons (Fsp3) is 0.308. The van der Waals surface area contributed by atoms with Gasteiger partial charge >= 0.3 is 0 Å². The van der Waals surface area contributed by atoms with E-state index in [-0.39, 0.29) is 18.9 Å². The highest BCUT2D eigenvalue weighted by Gasteiger charge is 2.12. The van der Waals surface area contributed by atoms with Crippen molar-refractivity contribution in [3.63, 3.8) is 0 Å². The first-order valence-corrected chi connectivity index (χ1v) is 6.11. The van der Waals surface area contributed by atoms with Crippen LogP contribution in [-0.4, -0.2) is 30.8 Å². The van der Waals surface area contributed by atoms with Gasteiger partial charge in [-0.2, -0.15) is 0 Å². The Balaban J connectivity index is 2.69. The molecule has 0 aromatic heterocycles. The Morgan fingerprint density at radius 1 is 1.67 bits per heavy atom. The molecule has 2 N–H and O–H groups in total. The van der Waals surface area contributed by atoms with E-state index in [4.69, 9.17) is 11.2 Å². The summed E-state index contributed by atoms with van der Waals surface area (Å²) in [6.07, 6.45) is 4.54. The van der Waals surface area contributed by atoms with E-state index in [0.717, 1.165) is 0 Å². The third kappa shape index (κ3) is 4.06. The van der Waals surface area contributed by atoms with E-state index in [1.165, 1.54) is 7.11 Å². The molecule has 0 aliphatic rings. The average Bonchev–Trinajstić information content (AvgIpc) is 2.37. The summed E-state index contributed by atoms with van der Waals surface area (Å²) in [6.45, 7) is 0.118. The molecule has 1 aromatic carbocycles. The third-order valence-corrected chi connectivity index (χ3v) is 2.96. The van der Waals surface area contributed by atoms with Crippen LogP contribution in [-0.2, 0) is 0 Å². The summed E-state index contributed by atoms with van der Waals surface area (Å²) < 4.78 is 5.71. The van der Waals surface area contributed by atoms with Gasteiger partial charge < -0.3 is 15.2 Å². The Morgan fingerprint density at radius 3 is 3.00 bits per heavy atom. The van der Waals surface area contributed by atoms with Crippen molar-refractivity contribution < 1.29 is 14.6 Å². The number of amides is 1. The molecule has 0 radical (unpaired) electrons. The molecule has 1 amide bonds. The Morgan fingerprint density at radius 2 is 2.39 bits per heavy atom. The lowest BCUT2D eigenvalue weighted by Gasteiger charge is -2.11. The van der Waals surface area contributed by atoms with Crippen molar-refractivity contribution in [2.45, 2.75) is 12.5 Å². The largest absolute Gasteiger partial charge is 0.497 e. The monoisotopic (exact) mass is 311 g/mol. The van der Waals surface area contributed by atoms with Crippen molar-refractivity contribution in [3.05, 3.63) is 28.2 Å². The van der Waals surface area contributed by atoms with Gasteiger partial charge in [-0.25, -0.2) is 0 Å². The second-order valence-corrected chi connectivity index (χ2v) is 4.47. The summed E-state index contributed by atoms with van der Waals surface area (Å²) in [4.78, 5) is 11.9. The van der Waals surface area contributed by atoms with Gasteiger partial charge in [0.05, 0.1) is 18.8 Å². The summed E-state index contributed by atoms with van der Waals surface area (Å²) in [5.41, 5.74) is 0.447. The fourth-order valence-corrected chi connectivity index (χ4v) is 1.75. The van der Waals surface area contributed by atoms with Crippen molar-refractivity contribution in [2.24, 2.45) is 0 Å². The van der Waals surface area contributed by atoms with Crippen LogP contribution < -0.4 is 10.1 Å². The normalized spacial score (nSPS) is 11.4. The number of carbonyl (C=O) groups is 1. The summed E-state index contributed by atoms with van der Waals surface area (Å²) in [5.74, 6) is 2.63. The quantitative estimate of drug-likeness (QED) is 0.812. The predicted octanol–water partition coefficient (Wildman–Crippen LogP) is 1.57. The highest BCUT2D eigenvalue weighted by Crippen LogP contribution is 2.22. The summed E-state index contributed by atoms with van der Waals surface area (Å²) in [5, 5.41) is 12.0. The molecule has 4 nitrogen and oxygen atoms in total. The standard InChI is InChI=1S/C13H14BrNO3/c1-3-4-9(16)8-15-13(17)11-7-10(18-2)5-6-12(11)14/h1,5-7,9,16H,4,8H2,2H3,(H,15,17)/t9-/m0/s1. The smallest absolute Gasteiger partial charge is 0.252 e. The van der Waals surface area contributed by atoms with Crippen LogP contribution in [0.3, 0.4) is 0 Å². The molecule has 96 valence electrons. The average molecular weight is 312 g/mol. The van der Waals surface area contributed by atoms with Crippen molar-refractivity contribution in [1.29, 1.82) is 0 Å². The van der Waals surface area contributed by atoms with E-state index < -0.39 is 6.10 Å². The van der Waals surface area contributed by atoms with Crippen molar-refractivity contribution in [1.82, 2.24) is 5.32 Å². The highest BCUT2D eigenvalue weighted by atomic mass is 79.9. The Kier molecular flexibility index (Phi) is 5.69. The molecule has 0 saturated carbocycles. The maximum absolute atomic E-state index is 11.9. The molecular weight excluding hydrogens is 298 g/mol. The lowest BCUT2D eigenvalue weighted by molar-refractivity contribution is 0.0917. The Hall–Kier alpha value is -1.51. The second-order valence-electron chi connectivity index (χ2n) is 3.62. The maximum atomic E-state index is 11.9. The molecule has 0 heterocycles. The summed E-state index contributed by atoms with van der Waals surface area (Å²) in [7, 11) is 1.53. The van der Waals surface area contributed by atoms with Crippen LogP contribution in [0.1, 0.15) is 16.8 Å². The number of terminal acetylenes is 1. The van der Waals surface area contributed by atoms with E-state index in [1.807, 2.05) is 0 Å². The van der Waals surface area contributed by atoms with Gasteiger partial charge in [-0.15, -0.1) is 12.3 Å². The number of aliphatic hydroxyl groups excluding tert-OH is 1. The lowest BCUT2D eigenvalue weighted by Crippen LogP contribution is -2.32. The Bertz CT molecular complexity index is 468. The van der Waals surface area contributed by atoms with Crippen molar-refractivity contribution >= 4 is 21.8 Å². The molecule has 1 rings (SSSR count). The van der Waals surface area contributed by atoms with E-state index >= 15 is 0 Å². The van der Waals surface area contributed by atoms with Crippen LogP contribution in [0, 0.1) is 12.3 Å². The third-order valence-electron chi connectivity index (χ3n) is 2.27. The van der Waals surface area contributed by atoms with Gasteiger partial charge in [0.2, 0.25) is 0 Å². The van der Waals surface area contributed by atoms with Crippen LogP contribution >= 0.6 is 15.9 Å². The Labute approximate surface area is 114 Å². The van der Waals surface area contributed by atoms with Crippen LogP contribution in [0.5, 0.6) is 5.75 Å². The molecule has 1 atom stereocenters. The molecule has 0 aliphatic carbocycles.